The molecule has 1 heterocycles. The van der Waals surface area contributed by atoms with Crippen LogP contribution in [-0.2, 0) is 9.47 Å². The summed E-state index contributed by atoms with van der Waals surface area (Å²) < 4.78 is 10.7. The summed E-state index contributed by atoms with van der Waals surface area (Å²) >= 11 is 0. The van der Waals surface area contributed by atoms with E-state index in [2.05, 4.69) is 6.92 Å². The van der Waals surface area contributed by atoms with Gasteiger partial charge in [0.2, 0.25) is 0 Å². The molecule has 0 radical (unpaired) electrons. The molecule has 6 heteroatoms. The number of hydrogen-bond donors (Lipinski definition) is 0. The molecule has 0 unspecified atom stereocenters. The Morgan fingerprint density at radius 3 is 1.90 bits per heavy atom. The topological polar surface area (TPSA) is 59.1 Å². The van der Waals surface area contributed by atoms with Crippen LogP contribution in [0.3, 0.4) is 0 Å². The molecule has 0 atom stereocenters. The maximum atomic E-state index is 11.9. The van der Waals surface area contributed by atoms with Crippen LogP contribution in [-0.4, -0.2) is 60.4 Å². The Morgan fingerprint density at radius 1 is 1.00 bits per heavy atom. The molecular formula is C15H26N2O4. The number of amides is 2. The van der Waals surface area contributed by atoms with Gasteiger partial charge in [0.25, 0.3) is 0 Å². The second-order valence-electron chi connectivity index (χ2n) is 7.32. The van der Waals surface area contributed by atoms with Gasteiger partial charge >= 0.3 is 12.2 Å². The zero-order valence-electron chi connectivity index (χ0n) is 13.5. The Bertz CT molecular complexity index is 404. The van der Waals surface area contributed by atoms with Crippen LogP contribution in [0.1, 0.15) is 40.5 Å². The van der Waals surface area contributed by atoms with E-state index in [0.717, 1.165) is 12.8 Å². The summed E-state index contributed by atoms with van der Waals surface area (Å²) in [4.78, 5) is 27.2. The summed E-state index contributed by atoms with van der Waals surface area (Å²) in [6.45, 7) is 10.1. The van der Waals surface area contributed by atoms with Gasteiger partial charge in [0.15, 0.2) is 0 Å². The zero-order chi connectivity index (χ0) is 15.7. The lowest BCUT2D eigenvalue weighted by molar-refractivity contribution is 0.0120. The standard InChI is InChI=1S/C15H26N2O4/c1-14(2,3)21-13(19)17-9-7-16(8-10-17)12(18)20-11-15(4)5-6-15/h5-11H2,1-4H3. The smallest absolute Gasteiger partial charge is 0.410 e. The molecule has 0 aromatic heterocycles. The van der Waals surface area contributed by atoms with E-state index in [4.69, 9.17) is 9.47 Å². The number of ether oxygens (including phenoxy) is 2. The van der Waals surface area contributed by atoms with E-state index in [9.17, 15) is 9.59 Å². The molecule has 1 saturated carbocycles. The van der Waals surface area contributed by atoms with Crippen LogP contribution in [0.2, 0.25) is 0 Å². The summed E-state index contributed by atoms with van der Waals surface area (Å²) in [7, 11) is 0. The van der Waals surface area contributed by atoms with Gasteiger partial charge in [-0.1, -0.05) is 6.92 Å². The minimum absolute atomic E-state index is 0.202. The number of carbonyl (C=O) groups is 2. The summed E-state index contributed by atoms with van der Waals surface area (Å²) in [5.41, 5.74) is -0.291. The van der Waals surface area contributed by atoms with E-state index < -0.39 is 5.60 Å². The fourth-order valence-corrected chi connectivity index (χ4v) is 2.08. The predicted octanol–water partition coefficient (Wildman–Crippen LogP) is 2.48. The summed E-state index contributed by atoms with van der Waals surface area (Å²) in [5, 5.41) is 0. The molecule has 2 aliphatic rings. The molecule has 120 valence electrons. The van der Waals surface area contributed by atoms with Gasteiger partial charge in [0.05, 0.1) is 6.61 Å². The maximum absolute atomic E-state index is 11.9. The first-order valence-corrected chi connectivity index (χ1v) is 7.58. The van der Waals surface area contributed by atoms with Gasteiger partial charge in [-0.2, -0.15) is 0 Å². The van der Waals surface area contributed by atoms with Crippen molar-refractivity contribution >= 4 is 12.2 Å². The molecule has 0 bridgehead atoms. The molecule has 1 saturated heterocycles. The highest BCUT2D eigenvalue weighted by atomic mass is 16.6. The monoisotopic (exact) mass is 298 g/mol. The van der Waals surface area contributed by atoms with E-state index in [0.29, 0.717) is 32.8 Å². The Morgan fingerprint density at radius 2 is 1.48 bits per heavy atom. The second kappa shape index (κ2) is 5.73. The van der Waals surface area contributed by atoms with Crippen molar-refractivity contribution in [3.05, 3.63) is 0 Å². The number of hydrogen-bond acceptors (Lipinski definition) is 4. The lowest BCUT2D eigenvalue weighted by Gasteiger charge is -2.35. The molecule has 2 fully saturated rings. The molecule has 2 rings (SSSR count). The van der Waals surface area contributed by atoms with Crippen molar-refractivity contribution < 1.29 is 19.1 Å². The van der Waals surface area contributed by atoms with Crippen LogP contribution in [0.25, 0.3) is 0 Å². The van der Waals surface area contributed by atoms with Crippen LogP contribution in [0.5, 0.6) is 0 Å². The quantitative estimate of drug-likeness (QED) is 0.786. The molecule has 2 amide bonds. The van der Waals surface area contributed by atoms with Crippen molar-refractivity contribution in [1.82, 2.24) is 9.80 Å². The van der Waals surface area contributed by atoms with Crippen LogP contribution >= 0.6 is 0 Å². The van der Waals surface area contributed by atoms with Crippen LogP contribution in [0.4, 0.5) is 9.59 Å². The predicted molar refractivity (Wildman–Crippen MR) is 78.1 cm³/mol. The SMILES string of the molecule is CC1(COC(=O)N2CCN(C(=O)OC(C)(C)C)CC2)CC1. The molecule has 1 aliphatic carbocycles. The highest BCUT2D eigenvalue weighted by molar-refractivity contribution is 5.70. The fourth-order valence-electron chi connectivity index (χ4n) is 2.08. The van der Waals surface area contributed by atoms with Crippen molar-refractivity contribution in [2.24, 2.45) is 5.41 Å². The van der Waals surface area contributed by atoms with Crippen LogP contribution < -0.4 is 0 Å². The molecule has 21 heavy (non-hydrogen) atoms. The number of rotatable bonds is 2. The molecule has 0 aromatic carbocycles. The molecule has 0 aromatic rings. The molecular weight excluding hydrogens is 272 g/mol. The van der Waals surface area contributed by atoms with Gasteiger partial charge in [-0.15, -0.1) is 0 Å². The molecule has 6 nitrogen and oxygen atoms in total. The average molecular weight is 298 g/mol. The van der Waals surface area contributed by atoms with Crippen molar-refractivity contribution in [2.75, 3.05) is 32.8 Å². The number of nitrogens with zero attached hydrogens (tertiary/aromatic N) is 2. The lowest BCUT2D eigenvalue weighted by atomic mass is 10.2. The first-order chi connectivity index (χ1) is 9.69. The Labute approximate surface area is 126 Å². The van der Waals surface area contributed by atoms with Gasteiger partial charge in [0, 0.05) is 31.6 Å². The first-order valence-electron chi connectivity index (χ1n) is 7.58. The first kappa shape index (κ1) is 15.9. The highest BCUT2D eigenvalue weighted by Crippen LogP contribution is 2.45. The maximum Gasteiger partial charge on any atom is 0.410 e. The third-order valence-corrected chi connectivity index (χ3v) is 3.84. The minimum atomic E-state index is -0.493. The van der Waals surface area contributed by atoms with Gasteiger partial charge in [-0.05, 0) is 33.6 Å². The average Bonchev–Trinajstić information content (AvgIpc) is 3.13. The van der Waals surface area contributed by atoms with Gasteiger partial charge in [-0.3, -0.25) is 0 Å². The molecule has 0 N–H and O–H groups in total. The van der Waals surface area contributed by atoms with Crippen LogP contribution in [0.15, 0.2) is 0 Å². The van der Waals surface area contributed by atoms with Crippen LogP contribution in [0, 0.1) is 5.41 Å². The van der Waals surface area contributed by atoms with Crippen molar-refractivity contribution in [3.8, 4) is 0 Å². The number of carbonyl (C=O) groups excluding carboxylic acids is 2. The van der Waals surface area contributed by atoms with Gasteiger partial charge in [-0.25, -0.2) is 9.59 Å². The van der Waals surface area contributed by atoms with Crippen molar-refractivity contribution in [1.29, 1.82) is 0 Å². The summed E-state index contributed by atoms with van der Waals surface area (Å²) in [6.07, 6.45) is 1.67. The third-order valence-electron chi connectivity index (χ3n) is 3.84. The molecule has 1 aliphatic heterocycles. The minimum Gasteiger partial charge on any atom is -0.449 e. The number of piperazine rings is 1. The summed E-state index contributed by atoms with van der Waals surface area (Å²) in [5.74, 6) is 0. The Kier molecular flexibility index (Phi) is 4.35. The Balaban J connectivity index is 1.72. The second-order valence-corrected chi connectivity index (χ2v) is 7.32. The highest BCUT2D eigenvalue weighted by Gasteiger charge is 2.39. The molecule has 0 spiro atoms. The van der Waals surface area contributed by atoms with E-state index in [1.54, 1.807) is 9.80 Å². The van der Waals surface area contributed by atoms with E-state index >= 15 is 0 Å². The van der Waals surface area contributed by atoms with E-state index in [1.807, 2.05) is 20.8 Å². The lowest BCUT2D eigenvalue weighted by Crippen LogP contribution is -2.51. The Hall–Kier alpha value is -1.46. The van der Waals surface area contributed by atoms with Gasteiger partial charge < -0.3 is 19.3 Å². The fraction of sp³-hybridized carbons (Fsp3) is 0.867. The zero-order valence-corrected chi connectivity index (χ0v) is 13.5. The third kappa shape index (κ3) is 4.79. The van der Waals surface area contributed by atoms with E-state index in [1.165, 1.54) is 0 Å². The normalized spacial score (nSPS) is 21.0. The summed E-state index contributed by atoms with van der Waals surface area (Å²) in [6, 6.07) is 0. The van der Waals surface area contributed by atoms with E-state index in [-0.39, 0.29) is 17.6 Å². The van der Waals surface area contributed by atoms with Crippen molar-refractivity contribution in [3.63, 3.8) is 0 Å². The van der Waals surface area contributed by atoms with Gasteiger partial charge in [0.1, 0.15) is 5.60 Å². The van der Waals surface area contributed by atoms with Crippen molar-refractivity contribution in [2.45, 2.75) is 46.1 Å². The largest absolute Gasteiger partial charge is 0.449 e.